The monoisotopic (exact) mass is 546 g/mol. The van der Waals surface area contributed by atoms with Gasteiger partial charge in [0.25, 0.3) is 5.69 Å². The van der Waals surface area contributed by atoms with Crippen molar-refractivity contribution >= 4 is 62.8 Å². The maximum absolute atomic E-state index is 13.0. The van der Waals surface area contributed by atoms with Gasteiger partial charge in [0, 0.05) is 23.6 Å². The number of thiazole rings is 1. The summed E-state index contributed by atoms with van der Waals surface area (Å²) in [4.78, 5) is 43.7. The maximum atomic E-state index is 13.0. The molecule has 3 aromatic rings. The van der Waals surface area contributed by atoms with Crippen LogP contribution in [0.15, 0.2) is 46.3 Å². The fraction of sp³-hybridized carbons (Fsp3) is 0.348. The number of nitrogens with zero attached hydrogens (tertiary/aromatic N) is 4. The van der Waals surface area contributed by atoms with E-state index in [9.17, 15) is 29.9 Å². The van der Waals surface area contributed by atoms with Crippen LogP contribution in [0.5, 0.6) is 0 Å². The molecule has 0 radical (unpaired) electrons. The van der Waals surface area contributed by atoms with Crippen LogP contribution < -0.4 is 0 Å². The van der Waals surface area contributed by atoms with Crippen molar-refractivity contribution in [3.05, 3.63) is 56.8 Å². The molecule has 2 N–H and O–H groups in total. The van der Waals surface area contributed by atoms with E-state index in [1.807, 2.05) is 16.9 Å². The molecule has 0 bridgehead atoms. The van der Waals surface area contributed by atoms with Crippen molar-refractivity contribution in [2.45, 2.75) is 35.5 Å². The van der Waals surface area contributed by atoms with Gasteiger partial charge in [-0.3, -0.25) is 19.3 Å². The lowest BCUT2D eigenvalue weighted by Gasteiger charge is -2.47. The van der Waals surface area contributed by atoms with Crippen molar-refractivity contribution in [3.8, 4) is 0 Å². The number of carboxylic acids is 1. The molecule has 1 amide bonds. The first kappa shape index (κ1) is 24.8. The van der Waals surface area contributed by atoms with Crippen molar-refractivity contribution in [1.82, 2.24) is 14.3 Å². The molecule has 10 nitrogen and oxygen atoms in total. The third-order valence-electron chi connectivity index (χ3n) is 6.73. The molecule has 0 spiro atoms. The Morgan fingerprint density at radius 3 is 2.53 bits per heavy atom. The molecule has 1 saturated heterocycles. The van der Waals surface area contributed by atoms with E-state index in [1.54, 1.807) is 25.4 Å². The highest BCUT2D eigenvalue weighted by Gasteiger charge is 2.61. The summed E-state index contributed by atoms with van der Waals surface area (Å²) in [6.07, 6.45) is 4.96. The second-order valence-electron chi connectivity index (χ2n) is 8.64. The first-order valence-electron chi connectivity index (χ1n) is 11.0. The number of β-lactam (4-membered cyclic amide) rings is 1. The molecule has 2 aromatic heterocycles. The van der Waals surface area contributed by atoms with Gasteiger partial charge < -0.3 is 15.1 Å². The summed E-state index contributed by atoms with van der Waals surface area (Å²) in [5, 5.41) is 33.4. The van der Waals surface area contributed by atoms with E-state index in [0.29, 0.717) is 12.0 Å². The van der Waals surface area contributed by atoms with Crippen molar-refractivity contribution in [3.63, 3.8) is 0 Å². The average molecular weight is 547 g/mol. The lowest BCUT2D eigenvalue weighted by Crippen LogP contribution is -2.64. The minimum absolute atomic E-state index is 0.0374. The summed E-state index contributed by atoms with van der Waals surface area (Å²) < 4.78 is 1.94. The van der Waals surface area contributed by atoms with Crippen LogP contribution in [0.25, 0.3) is 10.4 Å². The number of rotatable bonds is 8. The summed E-state index contributed by atoms with van der Waals surface area (Å²) in [5.74, 6) is -2.76. The molecule has 0 aliphatic carbocycles. The van der Waals surface area contributed by atoms with Crippen LogP contribution >= 0.6 is 34.9 Å². The van der Waals surface area contributed by atoms with Crippen LogP contribution in [0.1, 0.15) is 17.4 Å². The summed E-state index contributed by atoms with van der Waals surface area (Å²) >= 11 is 4.40. The maximum Gasteiger partial charge on any atom is 0.352 e. The Hall–Kier alpha value is -2.87. The molecule has 1 unspecified atom stereocenters. The van der Waals surface area contributed by atoms with Crippen LogP contribution in [0.3, 0.4) is 0 Å². The standard InChI is InChI=1S/C23H22N4O6S3/c1-10(28)14-16-13(8-11-4-6-12(7-5-11)27(32)33)15(17(23(30)31)26(16)20(14)29)18-21(35-3)25-9-24-19(34-2)22(25)36-18/h4-7,9-10,13-14,16,28H,8H2,1-3H3,(H,30,31)/t10-,13?,14-,16-/m1/s1. The smallest absolute Gasteiger partial charge is 0.352 e. The molecule has 4 atom stereocenters. The van der Waals surface area contributed by atoms with Crippen LogP contribution in [-0.2, 0) is 16.0 Å². The molecule has 1 aromatic carbocycles. The van der Waals surface area contributed by atoms with E-state index < -0.39 is 40.8 Å². The molecule has 36 heavy (non-hydrogen) atoms. The molecular formula is C23H22N4O6S3. The van der Waals surface area contributed by atoms with E-state index in [2.05, 4.69) is 4.98 Å². The second kappa shape index (κ2) is 9.21. The zero-order valence-electron chi connectivity index (χ0n) is 19.4. The molecule has 4 heterocycles. The third kappa shape index (κ3) is 3.64. The number of aromatic nitrogens is 2. The van der Waals surface area contributed by atoms with Crippen molar-refractivity contribution in [2.75, 3.05) is 12.5 Å². The van der Waals surface area contributed by atoms with Crippen LogP contribution in [0.2, 0.25) is 0 Å². The number of hydrogen-bond donors (Lipinski definition) is 2. The number of amides is 1. The summed E-state index contributed by atoms with van der Waals surface area (Å²) in [7, 11) is 0. The number of aliphatic hydroxyl groups excluding tert-OH is 1. The normalized spacial score (nSPS) is 22.2. The Bertz CT molecular complexity index is 1430. The fourth-order valence-electron chi connectivity index (χ4n) is 5.22. The Balaban J connectivity index is 1.69. The van der Waals surface area contributed by atoms with Gasteiger partial charge in [0.15, 0.2) is 0 Å². The number of nitro benzene ring substituents is 1. The Morgan fingerprint density at radius 2 is 1.97 bits per heavy atom. The van der Waals surface area contributed by atoms with E-state index in [-0.39, 0.29) is 11.4 Å². The number of carbonyl (C=O) groups excluding carboxylic acids is 1. The van der Waals surface area contributed by atoms with Gasteiger partial charge in [0.05, 0.1) is 32.9 Å². The summed E-state index contributed by atoms with van der Waals surface area (Å²) in [6.45, 7) is 1.54. The van der Waals surface area contributed by atoms with Gasteiger partial charge in [-0.15, -0.1) is 34.9 Å². The van der Waals surface area contributed by atoms with Crippen molar-refractivity contribution < 1.29 is 24.7 Å². The van der Waals surface area contributed by atoms with E-state index in [0.717, 1.165) is 25.3 Å². The van der Waals surface area contributed by atoms with Crippen molar-refractivity contribution in [2.24, 2.45) is 11.8 Å². The Labute approximate surface area is 218 Å². The molecule has 2 aliphatic rings. The number of aliphatic hydroxyl groups is 1. The van der Waals surface area contributed by atoms with Gasteiger partial charge in [0.2, 0.25) is 5.91 Å². The van der Waals surface area contributed by atoms with Gasteiger partial charge in [-0.1, -0.05) is 12.1 Å². The predicted molar refractivity (Wildman–Crippen MR) is 137 cm³/mol. The Morgan fingerprint density at radius 1 is 1.28 bits per heavy atom. The van der Waals surface area contributed by atoms with Gasteiger partial charge in [-0.05, 0) is 31.4 Å². The van der Waals surface area contributed by atoms with Gasteiger partial charge in [0.1, 0.15) is 21.9 Å². The molecular weight excluding hydrogens is 524 g/mol. The highest BCUT2D eigenvalue weighted by molar-refractivity contribution is 7.99. The number of aliphatic carboxylic acids is 1. The molecule has 2 aliphatic heterocycles. The SMILES string of the molecule is CSc1ncn2c(SC)c(C3=C(C(=O)O)N4C(=O)[C@H]([C@@H](C)O)[C@H]4C3Cc3ccc([N+](=O)[O-])cc3)sc12. The molecule has 188 valence electrons. The molecule has 13 heteroatoms. The fourth-order valence-corrected chi connectivity index (χ4v) is 8.20. The molecule has 1 fully saturated rings. The highest BCUT2D eigenvalue weighted by atomic mass is 32.2. The van der Waals surface area contributed by atoms with Crippen LogP contribution in [0, 0.1) is 22.0 Å². The predicted octanol–water partition coefficient (Wildman–Crippen LogP) is 3.62. The molecule has 0 saturated carbocycles. The second-order valence-corrected chi connectivity index (χ2v) is 11.2. The number of nitro groups is 1. The first-order valence-corrected chi connectivity index (χ1v) is 14.3. The lowest BCUT2D eigenvalue weighted by atomic mass is 9.74. The topological polar surface area (TPSA) is 138 Å². The number of fused-ring (bicyclic) bond motifs is 2. The quantitative estimate of drug-likeness (QED) is 0.188. The largest absolute Gasteiger partial charge is 0.477 e. The van der Waals surface area contributed by atoms with Crippen molar-refractivity contribution in [1.29, 1.82) is 0 Å². The van der Waals surface area contributed by atoms with Gasteiger partial charge >= 0.3 is 5.97 Å². The summed E-state index contributed by atoms with van der Waals surface area (Å²) in [5.41, 5.74) is 1.23. The number of benzene rings is 1. The zero-order valence-corrected chi connectivity index (χ0v) is 21.9. The van der Waals surface area contributed by atoms with E-state index in [1.165, 1.54) is 51.9 Å². The molecule has 5 rings (SSSR count). The lowest BCUT2D eigenvalue weighted by molar-refractivity contribution is -0.384. The Kier molecular flexibility index (Phi) is 6.35. The van der Waals surface area contributed by atoms with E-state index >= 15 is 0 Å². The number of hydrogen-bond acceptors (Lipinski definition) is 9. The zero-order chi connectivity index (χ0) is 25.9. The number of imidazole rings is 1. The highest BCUT2D eigenvalue weighted by Crippen LogP contribution is 2.54. The van der Waals surface area contributed by atoms with Crippen LogP contribution in [-0.4, -0.2) is 66.0 Å². The summed E-state index contributed by atoms with van der Waals surface area (Å²) in [6, 6.07) is 5.62. The third-order valence-corrected chi connectivity index (χ3v) is 9.66. The van der Waals surface area contributed by atoms with Gasteiger partial charge in [-0.25, -0.2) is 9.78 Å². The minimum Gasteiger partial charge on any atom is -0.477 e. The number of non-ortho nitro benzene ring substituents is 1. The first-order chi connectivity index (χ1) is 17.2. The number of carboxylic acid groups (broad SMARTS) is 1. The average Bonchev–Trinajstić information content (AvgIpc) is 3.47. The number of thioether (sulfide) groups is 2. The van der Waals surface area contributed by atoms with Crippen LogP contribution in [0.4, 0.5) is 5.69 Å². The van der Waals surface area contributed by atoms with E-state index in [4.69, 9.17) is 0 Å². The van der Waals surface area contributed by atoms with Gasteiger partial charge in [-0.2, -0.15) is 0 Å². The number of carbonyl (C=O) groups is 2. The minimum atomic E-state index is -1.20.